The molecule has 51 heavy (non-hydrogen) atoms. The van der Waals surface area contributed by atoms with Gasteiger partial charge in [0.2, 0.25) is 0 Å². The number of hydrogen-bond donors (Lipinski definition) is 1. The minimum Gasteiger partial charge on any atom is -0.492 e. The number of rotatable bonds is 13. The summed E-state index contributed by atoms with van der Waals surface area (Å²) in [5.41, 5.74) is 4.11. The Kier molecular flexibility index (Phi) is 10.9. The molecule has 1 saturated heterocycles. The van der Waals surface area contributed by atoms with Gasteiger partial charge in [0.15, 0.2) is 6.29 Å². The lowest BCUT2D eigenvalue weighted by Crippen LogP contribution is -2.27. The fraction of sp³-hybridized carbons (Fsp3) is 0.256. The Labute approximate surface area is 298 Å². The topological polar surface area (TPSA) is 72.9 Å². The number of pyridine rings is 1. The number of nitrogens with zero attached hydrogens (tertiary/aromatic N) is 2. The zero-order chi connectivity index (χ0) is 35.0. The third-order valence-corrected chi connectivity index (χ3v) is 9.38. The van der Waals surface area contributed by atoms with Crippen LogP contribution in [0.3, 0.4) is 0 Å². The highest BCUT2D eigenvalue weighted by Crippen LogP contribution is 2.30. The summed E-state index contributed by atoms with van der Waals surface area (Å²) in [5, 5.41) is 8.24. The van der Waals surface area contributed by atoms with E-state index in [0.29, 0.717) is 54.4 Å². The van der Waals surface area contributed by atoms with E-state index in [-0.39, 0.29) is 11.7 Å². The van der Waals surface area contributed by atoms with E-state index in [9.17, 15) is 9.18 Å². The monoisotopic (exact) mass is 683 g/mol. The maximum Gasteiger partial charge on any atom is 0.257 e. The maximum atomic E-state index is 14.4. The van der Waals surface area contributed by atoms with Gasteiger partial charge in [0.05, 0.1) is 18.8 Å². The van der Waals surface area contributed by atoms with E-state index < -0.39 is 6.29 Å². The molecule has 0 radical (unpaired) electrons. The van der Waals surface area contributed by atoms with E-state index in [0.717, 1.165) is 37.9 Å². The Balaban J connectivity index is 0.983. The molecule has 1 aromatic heterocycles. The van der Waals surface area contributed by atoms with Crippen molar-refractivity contribution < 1.29 is 23.4 Å². The standard InChI is InChI=1S/C43H42FN3O4/c1-47(19-8-15-39-36-12-4-2-10-30(36)24-31-11-3-5-13-37(31)39)20-23-49-35-17-18-41(32(26-35)27-42-50-21-9-22-51-42)46-43(48)34-25-33(28-45-29-34)38-14-6-7-16-40(38)44/h2-7,10-14,16-18,24-26,28-29,42H,8-9,15,19-23,27H2,1H3,(H,46,48). The number of benzene rings is 5. The van der Waals surface area contributed by atoms with Crippen molar-refractivity contribution in [3.63, 3.8) is 0 Å². The Morgan fingerprint density at radius 2 is 1.61 bits per heavy atom. The van der Waals surface area contributed by atoms with Crippen molar-refractivity contribution in [3.05, 3.63) is 138 Å². The molecule has 5 aromatic carbocycles. The lowest BCUT2D eigenvalue weighted by molar-refractivity contribution is -0.176. The van der Waals surface area contributed by atoms with Crippen LogP contribution in [-0.4, -0.2) is 62.0 Å². The number of ether oxygens (including phenoxy) is 3. The molecule has 8 heteroatoms. The predicted molar refractivity (Wildman–Crippen MR) is 201 cm³/mol. The van der Waals surface area contributed by atoms with E-state index in [1.165, 1.54) is 39.4 Å². The number of amides is 1. The number of aryl methyl sites for hydroxylation is 1. The first-order chi connectivity index (χ1) is 25.0. The van der Waals surface area contributed by atoms with Crippen molar-refractivity contribution in [2.45, 2.75) is 32.0 Å². The Hall–Kier alpha value is -5.15. The first-order valence-corrected chi connectivity index (χ1v) is 17.6. The fourth-order valence-electron chi connectivity index (χ4n) is 6.72. The molecule has 1 amide bonds. The molecule has 0 spiro atoms. The predicted octanol–water partition coefficient (Wildman–Crippen LogP) is 8.70. The highest BCUT2D eigenvalue weighted by molar-refractivity contribution is 6.05. The lowest BCUT2D eigenvalue weighted by atomic mass is 9.94. The van der Waals surface area contributed by atoms with Crippen LogP contribution in [0.4, 0.5) is 10.1 Å². The van der Waals surface area contributed by atoms with Gasteiger partial charge in [-0.25, -0.2) is 4.39 Å². The molecule has 260 valence electrons. The van der Waals surface area contributed by atoms with E-state index in [4.69, 9.17) is 14.2 Å². The summed E-state index contributed by atoms with van der Waals surface area (Å²) in [6, 6.07) is 33.3. The van der Waals surface area contributed by atoms with Gasteiger partial charge < -0.3 is 24.4 Å². The molecule has 1 aliphatic rings. The second kappa shape index (κ2) is 16.2. The zero-order valence-electron chi connectivity index (χ0n) is 28.8. The van der Waals surface area contributed by atoms with Crippen molar-refractivity contribution in [2.75, 3.05) is 45.3 Å². The largest absolute Gasteiger partial charge is 0.492 e. The number of aromatic nitrogens is 1. The van der Waals surface area contributed by atoms with Crippen LogP contribution in [0.15, 0.2) is 116 Å². The number of carbonyl (C=O) groups is 1. The number of nitrogens with one attached hydrogen (secondary N) is 1. The van der Waals surface area contributed by atoms with Crippen LogP contribution in [0.2, 0.25) is 0 Å². The van der Waals surface area contributed by atoms with Crippen LogP contribution >= 0.6 is 0 Å². The first kappa shape index (κ1) is 34.3. The molecule has 1 fully saturated rings. The summed E-state index contributed by atoms with van der Waals surface area (Å²) < 4.78 is 32.4. The Morgan fingerprint density at radius 1 is 0.882 bits per heavy atom. The molecule has 1 aliphatic heterocycles. The number of likely N-dealkylation sites (N-methyl/N-ethyl adjacent to an activating group) is 1. The van der Waals surface area contributed by atoms with Crippen LogP contribution in [0, 0.1) is 5.82 Å². The van der Waals surface area contributed by atoms with Crippen molar-refractivity contribution in [1.82, 2.24) is 9.88 Å². The molecule has 7 nitrogen and oxygen atoms in total. The molecule has 0 saturated carbocycles. The van der Waals surface area contributed by atoms with Gasteiger partial charge in [0.1, 0.15) is 18.2 Å². The third kappa shape index (κ3) is 8.43. The third-order valence-electron chi connectivity index (χ3n) is 9.38. The van der Waals surface area contributed by atoms with Gasteiger partial charge in [-0.1, -0.05) is 66.7 Å². The highest BCUT2D eigenvalue weighted by Gasteiger charge is 2.19. The number of fused-ring (bicyclic) bond motifs is 2. The maximum absolute atomic E-state index is 14.4. The smallest absolute Gasteiger partial charge is 0.257 e. The van der Waals surface area contributed by atoms with Crippen molar-refractivity contribution in [1.29, 1.82) is 0 Å². The molecule has 0 aliphatic carbocycles. The van der Waals surface area contributed by atoms with E-state index >= 15 is 0 Å². The lowest BCUT2D eigenvalue weighted by Gasteiger charge is -2.24. The van der Waals surface area contributed by atoms with Crippen LogP contribution in [0.1, 0.15) is 34.3 Å². The summed E-state index contributed by atoms with van der Waals surface area (Å²) in [5.74, 6) is -0.0140. The molecular weight excluding hydrogens is 641 g/mol. The second-order valence-electron chi connectivity index (χ2n) is 13.0. The molecule has 1 N–H and O–H groups in total. The molecule has 0 atom stereocenters. The van der Waals surface area contributed by atoms with Gasteiger partial charge in [-0.3, -0.25) is 9.78 Å². The molecule has 2 heterocycles. The van der Waals surface area contributed by atoms with E-state index in [1.54, 1.807) is 30.5 Å². The summed E-state index contributed by atoms with van der Waals surface area (Å²) in [6.07, 6.45) is 5.94. The van der Waals surface area contributed by atoms with Gasteiger partial charge >= 0.3 is 0 Å². The van der Waals surface area contributed by atoms with E-state index in [2.05, 4.69) is 76.8 Å². The zero-order valence-corrected chi connectivity index (χ0v) is 28.8. The average molecular weight is 684 g/mol. The van der Waals surface area contributed by atoms with Crippen LogP contribution < -0.4 is 10.1 Å². The van der Waals surface area contributed by atoms with Gasteiger partial charge in [0.25, 0.3) is 5.91 Å². The van der Waals surface area contributed by atoms with Crippen LogP contribution in [0.25, 0.3) is 32.7 Å². The van der Waals surface area contributed by atoms with Crippen LogP contribution in [-0.2, 0) is 22.3 Å². The molecule has 0 unspecified atom stereocenters. The molecule has 6 aromatic rings. The van der Waals surface area contributed by atoms with Gasteiger partial charge in [-0.15, -0.1) is 0 Å². The highest BCUT2D eigenvalue weighted by atomic mass is 19.1. The van der Waals surface area contributed by atoms with Crippen molar-refractivity contribution >= 4 is 33.1 Å². The second-order valence-corrected chi connectivity index (χ2v) is 13.0. The summed E-state index contributed by atoms with van der Waals surface area (Å²) in [7, 11) is 2.13. The molecular formula is C43H42FN3O4. The van der Waals surface area contributed by atoms with Crippen molar-refractivity contribution in [2.24, 2.45) is 0 Å². The summed E-state index contributed by atoms with van der Waals surface area (Å²) >= 11 is 0. The number of hydrogen-bond acceptors (Lipinski definition) is 6. The number of carbonyl (C=O) groups excluding carboxylic acids is 1. The minimum absolute atomic E-state index is 0.323. The quantitative estimate of drug-likeness (QED) is 0.123. The molecule has 7 rings (SSSR count). The Bertz CT molecular complexity index is 2080. The average Bonchev–Trinajstić information content (AvgIpc) is 3.16. The van der Waals surface area contributed by atoms with Crippen LogP contribution in [0.5, 0.6) is 5.75 Å². The first-order valence-electron chi connectivity index (χ1n) is 17.6. The number of anilines is 1. The number of halogens is 1. The van der Waals surface area contributed by atoms with Crippen molar-refractivity contribution in [3.8, 4) is 16.9 Å². The SMILES string of the molecule is CN(CCCc1c2ccccc2cc2ccccc12)CCOc1ccc(NC(=O)c2cncc(-c3ccccc3F)c2)c(CC2OCCCO2)c1. The minimum atomic E-state index is -0.416. The summed E-state index contributed by atoms with van der Waals surface area (Å²) in [6.45, 7) is 3.48. The van der Waals surface area contributed by atoms with E-state index in [1.807, 2.05) is 18.2 Å². The van der Waals surface area contributed by atoms with Gasteiger partial charge in [-0.05, 0) is 102 Å². The molecule has 0 bridgehead atoms. The Morgan fingerprint density at radius 3 is 2.37 bits per heavy atom. The summed E-state index contributed by atoms with van der Waals surface area (Å²) in [4.78, 5) is 19.9. The fourth-order valence-corrected chi connectivity index (χ4v) is 6.72. The normalized spacial score (nSPS) is 13.5. The van der Waals surface area contributed by atoms with Gasteiger partial charge in [0, 0.05) is 42.2 Å². The van der Waals surface area contributed by atoms with Gasteiger partial charge in [-0.2, -0.15) is 0 Å².